The molecule has 1 N–H and O–H groups in total. The summed E-state index contributed by atoms with van der Waals surface area (Å²) in [6.07, 6.45) is 0.935. The molecular weight excluding hydrogens is 537 g/mol. The summed E-state index contributed by atoms with van der Waals surface area (Å²) in [5.74, 6) is -0.126. The first-order chi connectivity index (χ1) is 16.6. The van der Waals surface area contributed by atoms with Crippen LogP contribution in [0.25, 0.3) is 20.8 Å². The number of nitrogens with zero attached hydrogens (tertiary/aromatic N) is 2. The summed E-state index contributed by atoms with van der Waals surface area (Å²) in [5.41, 5.74) is 4.70. The van der Waals surface area contributed by atoms with Gasteiger partial charge in [-0.3, -0.25) is 9.69 Å². The molecule has 0 aliphatic carbocycles. The molecule has 0 radical (unpaired) electrons. The van der Waals surface area contributed by atoms with Crippen LogP contribution in [-0.2, 0) is 19.5 Å². The number of benzene rings is 2. The van der Waals surface area contributed by atoms with Crippen molar-refractivity contribution in [2.24, 2.45) is 0 Å². The quantitative estimate of drug-likeness (QED) is 0.238. The van der Waals surface area contributed by atoms with E-state index in [-0.39, 0.29) is 18.3 Å². The van der Waals surface area contributed by atoms with Gasteiger partial charge < -0.3 is 5.32 Å². The van der Waals surface area contributed by atoms with Gasteiger partial charge in [0.1, 0.15) is 10.0 Å². The van der Waals surface area contributed by atoms with Crippen molar-refractivity contribution in [3.05, 3.63) is 91.9 Å². The first kappa shape index (κ1) is 24.4. The van der Waals surface area contributed by atoms with Gasteiger partial charge in [0, 0.05) is 30.1 Å². The number of aromatic nitrogens is 1. The van der Waals surface area contributed by atoms with Crippen molar-refractivity contribution in [1.29, 1.82) is 0 Å². The minimum atomic E-state index is -0.126. The van der Waals surface area contributed by atoms with Gasteiger partial charge in [-0.2, -0.15) is 0 Å². The maximum atomic E-state index is 13.0. The van der Waals surface area contributed by atoms with E-state index in [1.807, 2.05) is 18.2 Å². The summed E-state index contributed by atoms with van der Waals surface area (Å²) in [4.78, 5) is 22.3. The molecular formula is C26H21Cl2N3OS3. The lowest BCUT2D eigenvalue weighted by Crippen LogP contribution is -2.29. The molecule has 0 saturated heterocycles. The Morgan fingerprint density at radius 3 is 2.57 bits per heavy atom. The largest absolute Gasteiger partial charge is 0.312 e. The normalized spacial score (nSPS) is 13.4. The van der Waals surface area contributed by atoms with Crippen molar-refractivity contribution in [1.82, 2.24) is 9.88 Å². The lowest BCUT2D eigenvalue weighted by Gasteiger charge is -2.27. The highest BCUT2D eigenvalue weighted by Crippen LogP contribution is 2.46. The molecule has 4 nitrogen and oxygen atoms in total. The zero-order valence-corrected chi connectivity index (χ0v) is 22.5. The van der Waals surface area contributed by atoms with Crippen molar-refractivity contribution in [2.75, 3.05) is 11.9 Å². The predicted molar refractivity (Wildman–Crippen MR) is 152 cm³/mol. The van der Waals surface area contributed by atoms with Gasteiger partial charge in [-0.15, -0.1) is 46.4 Å². The third kappa shape index (κ3) is 5.03. The smallest absolute Gasteiger partial charge is 0.266 e. The lowest BCUT2D eigenvalue weighted by atomic mass is 10.0. The number of fused-ring (bicyclic) bond motifs is 2. The van der Waals surface area contributed by atoms with Crippen molar-refractivity contribution < 1.29 is 4.79 Å². The SMILES string of the molecule is Cl.O=C(Nc1sc2c(c1-c1nc3ccccc3s1)CCN(Cc1ccccc1)C2)c1ccc(Cl)s1. The number of hydrogen-bond donors (Lipinski definition) is 1. The van der Waals surface area contributed by atoms with E-state index in [4.69, 9.17) is 16.6 Å². The zero-order chi connectivity index (χ0) is 23.1. The number of thiophene rings is 2. The van der Waals surface area contributed by atoms with Gasteiger partial charge in [0.2, 0.25) is 0 Å². The molecule has 0 bridgehead atoms. The van der Waals surface area contributed by atoms with Gasteiger partial charge in [0.15, 0.2) is 0 Å². The summed E-state index contributed by atoms with van der Waals surface area (Å²) in [6, 6.07) is 22.3. The summed E-state index contributed by atoms with van der Waals surface area (Å²) in [6.45, 7) is 2.77. The van der Waals surface area contributed by atoms with Crippen LogP contribution in [0, 0.1) is 0 Å². The maximum Gasteiger partial charge on any atom is 0.266 e. The highest BCUT2D eigenvalue weighted by atomic mass is 35.5. The summed E-state index contributed by atoms with van der Waals surface area (Å²) in [5, 5.41) is 5.03. The molecule has 3 aromatic heterocycles. The zero-order valence-electron chi connectivity index (χ0n) is 18.5. The van der Waals surface area contributed by atoms with Gasteiger partial charge in [-0.05, 0) is 41.8 Å². The lowest BCUT2D eigenvalue weighted by molar-refractivity contribution is 0.103. The van der Waals surface area contributed by atoms with E-state index in [0.29, 0.717) is 9.21 Å². The fourth-order valence-electron chi connectivity index (χ4n) is 4.33. The Balaban J connectivity index is 0.00000253. The first-order valence-corrected chi connectivity index (χ1v) is 13.8. The van der Waals surface area contributed by atoms with Gasteiger partial charge in [-0.25, -0.2) is 4.98 Å². The summed E-state index contributed by atoms with van der Waals surface area (Å²) >= 11 is 10.7. The number of rotatable bonds is 5. The molecule has 178 valence electrons. The first-order valence-electron chi connectivity index (χ1n) is 11.0. The molecule has 0 fully saturated rings. The Kier molecular flexibility index (Phi) is 7.25. The molecule has 0 spiro atoms. The van der Waals surface area contributed by atoms with E-state index in [0.717, 1.165) is 51.8 Å². The van der Waals surface area contributed by atoms with Crippen molar-refractivity contribution >= 4 is 79.1 Å². The molecule has 6 rings (SSSR count). The predicted octanol–water partition coefficient (Wildman–Crippen LogP) is 7.97. The summed E-state index contributed by atoms with van der Waals surface area (Å²) in [7, 11) is 0. The van der Waals surface area contributed by atoms with Crippen LogP contribution in [0.1, 0.15) is 25.7 Å². The molecule has 1 aliphatic heterocycles. The average molecular weight is 559 g/mol. The number of para-hydroxylation sites is 1. The number of thiazole rings is 1. The minimum Gasteiger partial charge on any atom is -0.312 e. The number of nitrogens with one attached hydrogen (secondary N) is 1. The van der Waals surface area contributed by atoms with Crippen LogP contribution in [0.2, 0.25) is 4.34 Å². The van der Waals surface area contributed by atoms with Crippen LogP contribution < -0.4 is 5.32 Å². The van der Waals surface area contributed by atoms with Crippen molar-refractivity contribution in [2.45, 2.75) is 19.5 Å². The van der Waals surface area contributed by atoms with E-state index >= 15 is 0 Å². The molecule has 5 aromatic rings. The van der Waals surface area contributed by atoms with Gasteiger partial charge in [0.25, 0.3) is 5.91 Å². The van der Waals surface area contributed by atoms with Crippen LogP contribution in [-0.4, -0.2) is 22.3 Å². The Morgan fingerprint density at radius 2 is 1.80 bits per heavy atom. The monoisotopic (exact) mass is 557 g/mol. The second-order valence-electron chi connectivity index (χ2n) is 8.20. The number of hydrogen-bond acceptors (Lipinski definition) is 6. The number of carbonyl (C=O) groups excluding carboxylic acids is 1. The van der Waals surface area contributed by atoms with Crippen molar-refractivity contribution in [3.63, 3.8) is 0 Å². The van der Waals surface area contributed by atoms with Crippen molar-refractivity contribution in [3.8, 4) is 10.6 Å². The van der Waals surface area contributed by atoms with E-state index in [2.05, 4.69) is 46.6 Å². The Hall–Kier alpha value is -2.26. The Labute approximate surface area is 226 Å². The fraction of sp³-hybridized carbons (Fsp3) is 0.154. The minimum absolute atomic E-state index is 0. The van der Waals surface area contributed by atoms with E-state index < -0.39 is 0 Å². The molecule has 0 saturated carbocycles. The standard InChI is InChI=1S/C26H20ClN3OS3.ClH/c27-22-11-10-20(32-22)24(31)29-26-23(25-28-18-8-4-5-9-19(18)33-25)17-12-13-30(15-21(17)34-26)14-16-6-2-1-3-7-16;/h1-11H,12-15H2,(H,29,31);1H. The highest BCUT2D eigenvalue weighted by molar-refractivity contribution is 7.23. The molecule has 4 heterocycles. The number of carbonyl (C=O) groups is 1. The van der Waals surface area contributed by atoms with E-state index in [1.54, 1.807) is 34.8 Å². The van der Waals surface area contributed by atoms with Gasteiger partial charge >= 0.3 is 0 Å². The van der Waals surface area contributed by atoms with Crippen LogP contribution in [0.15, 0.2) is 66.7 Å². The highest BCUT2D eigenvalue weighted by Gasteiger charge is 2.28. The van der Waals surface area contributed by atoms with Crippen LogP contribution in [0.5, 0.6) is 0 Å². The molecule has 2 aromatic carbocycles. The maximum absolute atomic E-state index is 13.0. The van der Waals surface area contributed by atoms with E-state index in [9.17, 15) is 4.79 Å². The summed E-state index contributed by atoms with van der Waals surface area (Å²) < 4.78 is 1.76. The molecule has 1 amide bonds. The molecule has 1 aliphatic rings. The third-order valence-electron chi connectivity index (χ3n) is 5.92. The van der Waals surface area contributed by atoms with Crippen LogP contribution >= 0.6 is 58.0 Å². The average Bonchev–Trinajstić information content (AvgIpc) is 3.55. The number of anilines is 1. The van der Waals surface area contributed by atoms with Gasteiger partial charge in [0.05, 0.1) is 19.4 Å². The second kappa shape index (κ2) is 10.4. The number of halogens is 2. The number of amides is 1. The molecule has 35 heavy (non-hydrogen) atoms. The topological polar surface area (TPSA) is 45.2 Å². The fourth-order valence-corrected chi connectivity index (χ4v) is 7.66. The molecule has 0 atom stereocenters. The Morgan fingerprint density at radius 1 is 1.00 bits per heavy atom. The van der Waals surface area contributed by atoms with Crippen LogP contribution in [0.4, 0.5) is 5.00 Å². The third-order valence-corrected chi connectivity index (χ3v) is 9.33. The molecule has 0 unspecified atom stereocenters. The van der Waals surface area contributed by atoms with Crippen LogP contribution in [0.3, 0.4) is 0 Å². The molecule has 9 heteroatoms. The van der Waals surface area contributed by atoms with Gasteiger partial charge in [-0.1, -0.05) is 54.1 Å². The van der Waals surface area contributed by atoms with E-state index in [1.165, 1.54) is 27.3 Å². The Bertz CT molecular complexity index is 1460. The second-order valence-corrected chi connectivity index (χ2v) is 12.0.